The Morgan fingerprint density at radius 3 is 2.67 bits per heavy atom. The predicted molar refractivity (Wildman–Crippen MR) is 85.7 cm³/mol. The predicted octanol–water partition coefficient (Wildman–Crippen LogP) is 3.22. The summed E-state index contributed by atoms with van der Waals surface area (Å²) < 4.78 is 0.655. The molecule has 0 atom stereocenters. The third-order valence-electron chi connectivity index (χ3n) is 2.83. The number of hydrogen-bond donors (Lipinski definition) is 1. The summed E-state index contributed by atoms with van der Waals surface area (Å²) in [6.07, 6.45) is 1.23. The van der Waals surface area contributed by atoms with Crippen molar-refractivity contribution in [3.63, 3.8) is 0 Å². The van der Waals surface area contributed by atoms with E-state index in [-0.39, 0.29) is 5.91 Å². The zero-order chi connectivity index (χ0) is 15.4. The number of anilines is 1. The van der Waals surface area contributed by atoms with E-state index in [1.165, 1.54) is 22.3 Å². The monoisotopic (exact) mass is 320 g/mol. The van der Waals surface area contributed by atoms with Gasteiger partial charge in [0.2, 0.25) is 5.91 Å². The molecule has 0 aliphatic rings. The van der Waals surface area contributed by atoms with Crippen LogP contribution in [0.25, 0.3) is 0 Å². The molecule has 0 aliphatic heterocycles. The van der Waals surface area contributed by atoms with Crippen molar-refractivity contribution in [3.8, 4) is 0 Å². The number of carbonyl (C=O) groups excluding carboxylic acids is 2. The maximum absolute atomic E-state index is 12.1. The number of nitrogens with two attached hydrogens (primary N) is 1. The molecule has 0 radical (unpaired) electrons. The Balaban J connectivity index is 2.35. The molecule has 0 unspecified atom stereocenters. The Morgan fingerprint density at radius 2 is 2.10 bits per heavy atom. The summed E-state index contributed by atoms with van der Waals surface area (Å²) >= 11 is 7.30. The quantitative estimate of drug-likeness (QED) is 0.860. The molecule has 2 N–H and O–H groups in total. The standard InChI is InChI=1S/C15H13ClN2O2S/c1-2-14(19)18(9-12-6-7-13(16)21-12)11-5-3-4-10(8-11)15(17)20/h2-8H,1,9H2,(H2,17,20). The molecule has 1 aromatic carbocycles. The van der Waals surface area contributed by atoms with Crippen molar-refractivity contribution in [1.82, 2.24) is 0 Å². The average molecular weight is 321 g/mol. The minimum absolute atomic E-state index is 0.263. The van der Waals surface area contributed by atoms with E-state index in [2.05, 4.69) is 6.58 Å². The van der Waals surface area contributed by atoms with E-state index in [4.69, 9.17) is 17.3 Å². The molecule has 1 aromatic heterocycles. The van der Waals surface area contributed by atoms with Gasteiger partial charge in [0.05, 0.1) is 10.9 Å². The maximum Gasteiger partial charge on any atom is 0.250 e. The molecule has 0 spiro atoms. The number of hydrogen-bond acceptors (Lipinski definition) is 3. The maximum atomic E-state index is 12.1. The van der Waals surface area contributed by atoms with Crippen LogP contribution in [0.15, 0.2) is 49.1 Å². The molecule has 108 valence electrons. The van der Waals surface area contributed by atoms with E-state index < -0.39 is 5.91 Å². The molecular weight excluding hydrogens is 308 g/mol. The van der Waals surface area contributed by atoms with Crippen molar-refractivity contribution in [2.75, 3.05) is 4.90 Å². The zero-order valence-electron chi connectivity index (χ0n) is 11.1. The first-order valence-electron chi connectivity index (χ1n) is 6.09. The molecule has 2 amide bonds. The van der Waals surface area contributed by atoms with Crippen LogP contribution in [0.2, 0.25) is 4.34 Å². The number of halogens is 1. The molecular formula is C15H13ClN2O2S. The molecule has 21 heavy (non-hydrogen) atoms. The highest BCUT2D eigenvalue weighted by Gasteiger charge is 2.15. The number of carbonyl (C=O) groups is 2. The minimum atomic E-state index is -0.540. The summed E-state index contributed by atoms with van der Waals surface area (Å²) in [5.74, 6) is -0.803. The van der Waals surface area contributed by atoms with Gasteiger partial charge < -0.3 is 10.6 Å². The Morgan fingerprint density at radius 1 is 1.33 bits per heavy atom. The fourth-order valence-electron chi connectivity index (χ4n) is 1.83. The average Bonchev–Trinajstić information content (AvgIpc) is 2.89. The fraction of sp³-hybridized carbons (Fsp3) is 0.0667. The molecule has 4 nitrogen and oxygen atoms in total. The number of rotatable bonds is 5. The van der Waals surface area contributed by atoms with Gasteiger partial charge in [0.15, 0.2) is 0 Å². The van der Waals surface area contributed by atoms with E-state index >= 15 is 0 Å². The largest absolute Gasteiger partial charge is 0.366 e. The zero-order valence-corrected chi connectivity index (χ0v) is 12.7. The third kappa shape index (κ3) is 3.71. The first-order valence-corrected chi connectivity index (χ1v) is 7.28. The second-order valence-electron chi connectivity index (χ2n) is 4.25. The van der Waals surface area contributed by atoms with Crippen LogP contribution in [-0.4, -0.2) is 11.8 Å². The molecule has 0 saturated carbocycles. The lowest BCUT2D eigenvalue weighted by molar-refractivity contribution is -0.114. The number of amides is 2. The number of primary amides is 1. The molecule has 6 heteroatoms. The van der Waals surface area contributed by atoms with Gasteiger partial charge in [-0.25, -0.2) is 0 Å². The summed E-state index contributed by atoms with van der Waals surface area (Å²) in [5.41, 5.74) is 6.20. The van der Waals surface area contributed by atoms with Crippen molar-refractivity contribution in [2.45, 2.75) is 6.54 Å². The third-order valence-corrected chi connectivity index (χ3v) is 4.04. The van der Waals surface area contributed by atoms with Crippen LogP contribution in [0.1, 0.15) is 15.2 Å². The van der Waals surface area contributed by atoms with Crippen molar-refractivity contribution in [1.29, 1.82) is 0 Å². The van der Waals surface area contributed by atoms with Gasteiger partial charge >= 0.3 is 0 Å². The van der Waals surface area contributed by atoms with Crippen LogP contribution in [0.3, 0.4) is 0 Å². The van der Waals surface area contributed by atoms with Crippen LogP contribution in [0.4, 0.5) is 5.69 Å². The van der Waals surface area contributed by atoms with E-state index in [0.717, 1.165) is 4.88 Å². The van der Waals surface area contributed by atoms with Crippen LogP contribution < -0.4 is 10.6 Å². The van der Waals surface area contributed by atoms with E-state index in [1.807, 2.05) is 6.07 Å². The van der Waals surface area contributed by atoms with Crippen molar-refractivity contribution >= 4 is 40.4 Å². The Bertz CT molecular complexity index is 696. The lowest BCUT2D eigenvalue weighted by Gasteiger charge is -2.21. The van der Waals surface area contributed by atoms with Crippen molar-refractivity contribution in [2.24, 2.45) is 5.73 Å². The smallest absolute Gasteiger partial charge is 0.250 e. The molecule has 0 bridgehead atoms. The Hall–Kier alpha value is -2.11. The topological polar surface area (TPSA) is 63.4 Å². The molecule has 2 rings (SSSR count). The molecule has 0 saturated heterocycles. The first-order chi connectivity index (χ1) is 10.0. The molecule has 1 heterocycles. The number of thiophene rings is 1. The number of nitrogens with zero attached hydrogens (tertiary/aromatic N) is 1. The van der Waals surface area contributed by atoms with Crippen molar-refractivity contribution < 1.29 is 9.59 Å². The van der Waals surface area contributed by atoms with Crippen LogP contribution in [0.5, 0.6) is 0 Å². The fourth-order valence-corrected chi connectivity index (χ4v) is 2.90. The van der Waals surface area contributed by atoms with Gasteiger partial charge in [-0.1, -0.05) is 24.2 Å². The second kappa shape index (κ2) is 6.56. The van der Waals surface area contributed by atoms with Gasteiger partial charge in [0, 0.05) is 16.1 Å². The molecule has 0 fully saturated rings. The van der Waals surface area contributed by atoms with Gasteiger partial charge in [-0.2, -0.15) is 0 Å². The van der Waals surface area contributed by atoms with Gasteiger partial charge in [-0.05, 0) is 36.4 Å². The van der Waals surface area contributed by atoms with Crippen LogP contribution in [0, 0.1) is 0 Å². The van der Waals surface area contributed by atoms with Gasteiger partial charge in [-0.15, -0.1) is 11.3 Å². The highest BCUT2D eigenvalue weighted by molar-refractivity contribution is 7.16. The van der Waals surface area contributed by atoms with Gasteiger partial charge in [-0.3, -0.25) is 9.59 Å². The number of benzene rings is 1. The summed E-state index contributed by atoms with van der Waals surface area (Å²) in [4.78, 5) is 25.8. The summed E-state index contributed by atoms with van der Waals surface area (Å²) in [6.45, 7) is 3.86. The summed E-state index contributed by atoms with van der Waals surface area (Å²) in [5, 5.41) is 0. The molecule has 2 aromatic rings. The van der Waals surface area contributed by atoms with Gasteiger partial charge in [0.25, 0.3) is 5.91 Å². The molecule has 0 aliphatic carbocycles. The van der Waals surface area contributed by atoms with Crippen molar-refractivity contribution in [3.05, 3.63) is 63.8 Å². The SMILES string of the molecule is C=CC(=O)N(Cc1ccc(Cl)s1)c1cccc(C(N)=O)c1. The van der Waals surface area contributed by atoms with E-state index in [9.17, 15) is 9.59 Å². The first kappa shape index (κ1) is 15.3. The lowest BCUT2D eigenvalue weighted by Crippen LogP contribution is -2.28. The van der Waals surface area contributed by atoms with E-state index in [1.54, 1.807) is 30.3 Å². The highest BCUT2D eigenvalue weighted by atomic mass is 35.5. The minimum Gasteiger partial charge on any atom is -0.366 e. The Labute approximate surface area is 131 Å². The second-order valence-corrected chi connectivity index (χ2v) is 6.05. The van der Waals surface area contributed by atoms with Gasteiger partial charge in [0.1, 0.15) is 0 Å². The normalized spacial score (nSPS) is 10.1. The Kier molecular flexibility index (Phi) is 4.77. The van der Waals surface area contributed by atoms with E-state index in [0.29, 0.717) is 22.1 Å². The summed E-state index contributed by atoms with van der Waals surface area (Å²) in [6, 6.07) is 10.2. The van der Waals surface area contributed by atoms with Crippen LogP contribution >= 0.6 is 22.9 Å². The van der Waals surface area contributed by atoms with Crippen LogP contribution in [-0.2, 0) is 11.3 Å². The lowest BCUT2D eigenvalue weighted by atomic mass is 10.1. The highest BCUT2D eigenvalue weighted by Crippen LogP contribution is 2.25. The summed E-state index contributed by atoms with van der Waals surface area (Å²) in [7, 11) is 0.